The van der Waals surface area contributed by atoms with Gasteiger partial charge in [0.05, 0.1) is 28.5 Å². The lowest BCUT2D eigenvalue weighted by molar-refractivity contribution is 0.503. The number of aromatic nitrogens is 1. The minimum Gasteiger partial charge on any atom is -0.467 e. The van der Waals surface area contributed by atoms with Crippen molar-refractivity contribution in [3.05, 3.63) is 46.0 Å². The molecule has 0 radical (unpaired) electrons. The van der Waals surface area contributed by atoms with Gasteiger partial charge in [0.1, 0.15) is 5.76 Å². The molecule has 7 heteroatoms. The molecule has 100 valence electrons. The molecule has 2 aromatic rings. The van der Waals surface area contributed by atoms with Crippen LogP contribution in [0.1, 0.15) is 11.5 Å². The maximum absolute atomic E-state index is 6.03. The number of nitrogens with zero attached hydrogens (tertiary/aromatic N) is 1. The first-order valence-corrected chi connectivity index (χ1v) is 6.62. The molecule has 0 atom stereocenters. The zero-order chi connectivity index (χ0) is 13.8. The normalized spacial score (nSPS) is 10.3. The van der Waals surface area contributed by atoms with Gasteiger partial charge in [-0.05, 0) is 37.3 Å². The van der Waals surface area contributed by atoms with Crippen LogP contribution in [-0.4, -0.2) is 10.1 Å². The first-order chi connectivity index (χ1) is 9.06. The van der Waals surface area contributed by atoms with Gasteiger partial charge in [-0.15, -0.1) is 0 Å². The number of rotatable bonds is 3. The van der Waals surface area contributed by atoms with E-state index in [0.29, 0.717) is 33.2 Å². The van der Waals surface area contributed by atoms with E-state index < -0.39 is 0 Å². The Morgan fingerprint density at radius 1 is 1.42 bits per heavy atom. The molecular weight excluding hydrogens is 305 g/mol. The van der Waals surface area contributed by atoms with Gasteiger partial charge < -0.3 is 15.1 Å². The zero-order valence-corrected chi connectivity index (χ0v) is 12.4. The first-order valence-electron chi connectivity index (χ1n) is 5.46. The summed E-state index contributed by atoms with van der Waals surface area (Å²) in [6, 6.07) is 5.30. The fourth-order valence-electron chi connectivity index (χ4n) is 1.38. The molecular formula is C12H11Cl2N3OS. The molecule has 0 aromatic carbocycles. The average Bonchev–Trinajstić information content (AvgIpc) is 2.86. The van der Waals surface area contributed by atoms with Crippen LogP contribution < -0.4 is 10.6 Å². The molecule has 2 aromatic heterocycles. The largest absolute Gasteiger partial charge is 0.467 e. The monoisotopic (exact) mass is 315 g/mol. The Labute approximate surface area is 126 Å². The number of halogens is 2. The second-order valence-corrected chi connectivity index (χ2v) is 5.00. The Hall–Kier alpha value is -1.30. The van der Waals surface area contributed by atoms with E-state index in [1.54, 1.807) is 19.3 Å². The molecule has 19 heavy (non-hydrogen) atoms. The SMILES string of the molecule is Cc1nc(NC(=S)NCc2ccco2)c(Cl)cc1Cl. The maximum atomic E-state index is 6.03. The topological polar surface area (TPSA) is 50.1 Å². The van der Waals surface area contributed by atoms with E-state index in [1.165, 1.54) is 0 Å². The van der Waals surface area contributed by atoms with Crippen molar-refractivity contribution in [3.63, 3.8) is 0 Å². The number of anilines is 1. The van der Waals surface area contributed by atoms with E-state index in [1.807, 2.05) is 12.1 Å². The van der Waals surface area contributed by atoms with Crippen LogP contribution >= 0.6 is 35.4 Å². The van der Waals surface area contributed by atoms with Crippen molar-refractivity contribution >= 4 is 46.4 Å². The van der Waals surface area contributed by atoms with E-state index in [4.69, 9.17) is 39.8 Å². The second-order valence-electron chi connectivity index (χ2n) is 3.77. The van der Waals surface area contributed by atoms with Crippen LogP contribution in [0.25, 0.3) is 0 Å². The minimum atomic E-state index is 0.410. The fourth-order valence-corrected chi connectivity index (χ4v) is 1.95. The summed E-state index contributed by atoms with van der Waals surface area (Å²) in [6.45, 7) is 2.28. The summed E-state index contributed by atoms with van der Waals surface area (Å²) >= 11 is 17.1. The predicted octanol–water partition coefficient (Wildman–Crippen LogP) is 3.78. The van der Waals surface area contributed by atoms with Crippen LogP contribution in [-0.2, 0) is 6.54 Å². The number of thiocarbonyl (C=S) groups is 1. The predicted molar refractivity (Wildman–Crippen MR) is 80.8 cm³/mol. The molecule has 2 rings (SSSR count). The highest BCUT2D eigenvalue weighted by molar-refractivity contribution is 7.80. The molecule has 2 N–H and O–H groups in total. The number of furan rings is 1. The Bertz CT molecular complexity index is 587. The molecule has 0 fully saturated rings. The summed E-state index contributed by atoms with van der Waals surface area (Å²) in [5, 5.41) is 7.25. The molecule has 0 saturated carbocycles. The van der Waals surface area contributed by atoms with E-state index in [9.17, 15) is 0 Å². The molecule has 0 amide bonds. The molecule has 0 aliphatic carbocycles. The van der Waals surface area contributed by atoms with Gasteiger partial charge in [0.2, 0.25) is 0 Å². The van der Waals surface area contributed by atoms with Gasteiger partial charge in [-0.1, -0.05) is 23.2 Å². The highest BCUT2D eigenvalue weighted by Crippen LogP contribution is 2.25. The van der Waals surface area contributed by atoms with Crippen molar-refractivity contribution in [2.24, 2.45) is 0 Å². The van der Waals surface area contributed by atoms with E-state index in [2.05, 4.69) is 15.6 Å². The summed E-state index contributed by atoms with van der Waals surface area (Å²) in [4.78, 5) is 4.23. The molecule has 0 saturated heterocycles. The van der Waals surface area contributed by atoms with Gasteiger partial charge in [-0.2, -0.15) is 0 Å². The fraction of sp³-hybridized carbons (Fsp3) is 0.167. The molecule has 0 unspecified atom stereocenters. The zero-order valence-electron chi connectivity index (χ0n) is 10.0. The average molecular weight is 316 g/mol. The highest BCUT2D eigenvalue weighted by atomic mass is 35.5. The highest BCUT2D eigenvalue weighted by Gasteiger charge is 2.08. The lowest BCUT2D eigenvalue weighted by Crippen LogP contribution is -2.28. The van der Waals surface area contributed by atoms with Crippen LogP contribution in [0.2, 0.25) is 10.0 Å². The lowest BCUT2D eigenvalue weighted by Gasteiger charge is -2.11. The van der Waals surface area contributed by atoms with E-state index in [0.717, 1.165) is 5.76 Å². The van der Waals surface area contributed by atoms with Crippen molar-refractivity contribution in [3.8, 4) is 0 Å². The molecule has 4 nitrogen and oxygen atoms in total. The van der Waals surface area contributed by atoms with Crippen molar-refractivity contribution in [1.29, 1.82) is 0 Å². The second kappa shape index (κ2) is 6.23. The van der Waals surface area contributed by atoms with E-state index >= 15 is 0 Å². The third kappa shape index (κ3) is 3.83. The molecule has 2 heterocycles. The van der Waals surface area contributed by atoms with Crippen LogP contribution in [0.5, 0.6) is 0 Å². The quantitative estimate of drug-likeness (QED) is 0.844. The molecule has 0 bridgehead atoms. The van der Waals surface area contributed by atoms with Crippen LogP contribution in [0.15, 0.2) is 28.9 Å². The van der Waals surface area contributed by atoms with Crippen molar-refractivity contribution in [1.82, 2.24) is 10.3 Å². The van der Waals surface area contributed by atoms with Gasteiger partial charge in [-0.25, -0.2) is 4.98 Å². The van der Waals surface area contributed by atoms with E-state index in [-0.39, 0.29) is 0 Å². The number of hydrogen-bond acceptors (Lipinski definition) is 3. The Balaban J connectivity index is 1.97. The van der Waals surface area contributed by atoms with Crippen LogP contribution in [0.3, 0.4) is 0 Å². The maximum Gasteiger partial charge on any atom is 0.172 e. The third-order valence-electron chi connectivity index (χ3n) is 2.34. The van der Waals surface area contributed by atoms with Crippen molar-refractivity contribution in [2.45, 2.75) is 13.5 Å². The number of aryl methyl sites for hydroxylation is 1. The Kier molecular flexibility index (Phi) is 4.63. The Morgan fingerprint density at radius 2 is 2.21 bits per heavy atom. The number of nitrogens with one attached hydrogen (secondary N) is 2. The summed E-state index contributed by atoms with van der Waals surface area (Å²) in [5.74, 6) is 1.26. The van der Waals surface area contributed by atoms with Gasteiger partial charge in [0.15, 0.2) is 10.9 Å². The summed E-state index contributed by atoms with van der Waals surface area (Å²) in [7, 11) is 0. The lowest BCUT2D eigenvalue weighted by atomic mass is 10.3. The standard InChI is InChI=1S/C12H11Cl2N3OS/c1-7-9(13)5-10(14)11(16-7)17-12(19)15-6-8-3-2-4-18-8/h2-5H,6H2,1H3,(H2,15,16,17,19). The van der Waals surface area contributed by atoms with Crippen LogP contribution in [0, 0.1) is 6.92 Å². The van der Waals surface area contributed by atoms with Gasteiger partial charge in [0.25, 0.3) is 0 Å². The number of pyridine rings is 1. The van der Waals surface area contributed by atoms with Crippen LogP contribution in [0.4, 0.5) is 5.82 Å². The summed E-state index contributed by atoms with van der Waals surface area (Å²) < 4.78 is 5.18. The summed E-state index contributed by atoms with van der Waals surface area (Å²) in [6.07, 6.45) is 1.61. The Morgan fingerprint density at radius 3 is 2.89 bits per heavy atom. The van der Waals surface area contributed by atoms with Crippen molar-refractivity contribution < 1.29 is 4.42 Å². The van der Waals surface area contributed by atoms with Gasteiger partial charge in [0, 0.05) is 0 Å². The van der Waals surface area contributed by atoms with Crippen molar-refractivity contribution in [2.75, 3.05) is 5.32 Å². The summed E-state index contributed by atoms with van der Waals surface area (Å²) in [5.41, 5.74) is 0.683. The van der Waals surface area contributed by atoms with Gasteiger partial charge >= 0.3 is 0 Å². The third-order valence-corrected chi connectivity index (χ3v) is 3.26. The first kappa shape index (κ1) is 14.1. The number of hydrogen-bond donors (Lipinski definition) is 2. The molecule has 0 aliphatic rings. The minimum absolute atomic E-state index is 0.410. The van der Waals surface area contributed by atoms with Gasteiger partial charge in [-0.3, -0.25) is 0 Å². The molecule has 0 spiro atoms. The molecule has 0 aliphatic heterocycles. The smallest absolute Gasteiger partial charge is 0.172 e.